The Balaban J connectivity index is 2.17. The molecule has 2 atom stereocenters. The van der Waals surface area contributed by atoms with Crippen LogP contribution in [0.25, 0.3) is 0 Å². The first-order chi connectivity index (χ1) is 9.24. The van der Waals surface area contributed by atoms with Crippen molar-refractivity contribution in [3.8, 4) is 0 Å². The van der Waals surface area contributed by atoms with Crippen molar-refractivity contribution >= 4 is 5.69 Å². The highest BCUT2D eigenvalue weighted by Crippen LogP contribution is 2.25. The number of anilines is 1. The lowest BCUT2D eigenvalue weighted by molar-refractivity contribution is 0.467. The Morgan fingerprint density at radius 3 is 2.84 bits per heavy atom. The second-order valence-corrected chi connectivity index (χ2v) is 5.91. The van der Waals surface area contributed by atoms with Gasteiger partial charge in [0, 0.05) is 31.4 Å². The van der Waals surface area contributed by atoms with Crippen LogP contribution in [-0.4, -0.2) is 19.1 Å². The second kappa shape index (κ2) is 6.95. The number of rotatable bonds is 5. The summed E-state index contributed by atoms with van der Waals surface area (Å²) >= 11 is 0. The number of nitrogens with zero attached hydrogens (tertiary/aromatic N) is 1. The Morgan fingerprint density at radius 1 is 1.32 bits per heavy atom. The van der Waals surface area contributed by atoms with Crippen LogP contribution in [0.5, 0.6) is 0 Å². The summed E-state index contributed by atoms with van der Waals surface area (Å²) in [7, 11) is 0. The first-order valence-electron chi connectivity index (χ1n) is 7.80. The van der Waals surface area contributed by atoms with Crippen molar-refractivity contribution in [2.24, 2.45) is 5.92 Å². The summed E-state index contributed by atoms with van der Waals surface area (Å²) in [6.45, 7) is 10.3. The van der Waals surface area contributed by atoms with Gasteiger partial charge in [0.2, 0.25) is 0 Å². The van der Waals surface area contributed by atoms with Crippen LogP contribution in [-0.2, 0) is 6.54 Å². The van der Waals surface area contributed by atoms with E-state index in [0.717, 1.165) is 19.0 Å². The van der Waals surface area contributed by atoms with Crippen molar-refractivity contribution in [1.82, 2.24) is 5.32 Å². The Labute approximate surface area is 118 Å². The Morgan fingerprint density at radius 2 is 2.11 bits per heavy atom. The second-order valence-electron chi connectivity index (χ2n) is 5.91. The molecule has 2 rings (SSSR count). The van der Waals surface area contributed by atoms with Gasteiger partial charge in [0.1, 0.15) is 0 Å². The molecule has 1 N–H and O–H groups in total. The molecule has 1 aliphatic heterocycles. The average Bonchev–Trinajstić information content (AvgIpc) is 2.59. The van der Waals surface area contributed by atoms with E-state index in [1.54, 1.807) is 0 Å². The molecule has 0 amide bonds. The molecule has 0 aliphatic carbocycles. The third-order valence-electron chi connectivity index (χ3n) is 4.16. The van der Waals surface area contributed by atoms with Gasteiger partial charge in [-0.05, 0) is 30.4 Å². The molecular weight excluding hydrogens is 232 g/mol. The van der Waals surface area contributed by atoms with E-state index in [9.17, 15) is 0 Å². The van der Waals surface area contributed by atoms with E-state index in [2.05, 4.69) is 55.3 Å². The highest BCUT2D eigenvalue weighted by Gasteiger charge is 2.21. The van der Waals surface area contributed by atoms with Crippen LogP contribution in [0.1, 0.15) is 45.6 Å². The van der Waals surface area contributed by atoms with Gasteiger partial charge in [-0.25, -0.2) is 0 Å². The SMILES string of the molecule is CCCC(C)CN1CC(CC)NCc2ccccc21. The lowest BCUT2D eigenvalue weighted by Crippen LogP contribution is -2.39. The minimum Gasteiger partial charge on any atom is -0.369 e. The standard InChI is InChI=1S/C17H28N2/c1-4-8-14(3)12-19-13-16(5-2)18-11-15-9-6-7-10-17(15)19/h6-7,9-10,14,16,18H,4-5,8,11-13H2,1-3H3. The third-order valence-corrected chi connectivity index (χ3v) is 4.16. The van der Waals surface area contributed by atoms with Crippen molar-refractivity contribution in [1.29, 1.82) is 0 Å². The van der Waals surface area contributed by atoms with Gasteiger partial charge < -0.3 is 10.2 Å². The molecule has 2 heteroatoms. The summed E-state index contributed by atoms with van der Waals surface area (Å²) in [5.74, 6) is 0.772. The number of para-hydroxylation sites is 1. The number of hydrogen-bond donors (Lipinski definition) is 1. The highest BCUT2D eigenvalue weighted by atomic mass is 15.2. The Bertz CT molecular complexity index is 389. The van der Waals surface area contributed by atoms with Crippen molar-refractivity contribution < 1.29 is 0 Å². The number of fused-ring (bicyclic) bond motifs is 1. The van der Waals surface area contributed by atoms with Gasteiger partial charge in [-0.1, -0.05) is 45.4 Å². The molecule has 0 radical (unpaired) electrons. The van der Waals surface area contributed by atoms with E-state index in [-0.39, 0.29) is 0 Å². The molecule has 0 fully saturated rings. The number of hydrogen-bond acceptors (Lipinski definition) is 2. The largest absolute Gasteiger partial charge is 0.369 e. The Hall–Kier alpha value is -1.02. The summed E-state index contributed by atoms with van der Waals surface area (Å²) < 4.78 is 0. The topological polar surface area (TPSA) is 15.3 Å². The fraction of sp³-hybridized carbons (Fsp3) is 0.647. The predicted molar refractivity (Wildman–Crippen MR) is 83.6 cm³/mol. The first-order valence-corrected chi connectivity index (χ1v) is 7.80. The van der Waals surface area contributed by atoms with Crippen LogP contribution in [0, 0.1) is 5.92 Å². The van der Waals surface area contributed by atoms with Gasteiger partial charge in [-0.15, -0.1) is 0 Å². The van der Waals surface area contributed by atoms with E-state index < -0.39 is 0 Å². The normalized spacial score (nSPS) is 20.8. The van der Waals surface area contributed by atoms with Crippen molar-refractivity contribution in [2.45, 2.75) is 52.6 Å². The summed E-state index contributed by atoms with van der Waals surface area (Å²) in [6, 6.07) is 9.48. The first kappa shape index (κ1) is 14.4. The fourth-order valence-electron chi connectivity index (χ4n) is 3.06. The maximum absolute atomic E-state index is 3.68. The van der Waals surface area contributed by atoms with Crippen LogP contribution < -0.4 is 10.2 Å². The van der Waals surface area contributed by atoms with E-state index >= 15 is 0 Å². The van der Waals surface area contributed by atoms with Crippen molar-refractivity contribution in [3.63, 3.8) is 0 Å². The molecule has 0 bridgehead atoms. The van der Waals surface area contributed by atoms with Crippen LogP contribution in [0.3, 0.4) is 0 Å². The number of nitrogens with one attached hydrogen (secondary N) is 1. The lowest BCUT2D eigenvalue weighted by Gasteiger charge is -2.30. The molecule has 0 saturated carbocycles. The van der Waals surface area contributed by atoms with Crippen LogP contribution in [0.2, 0.25) is 0 Å². The quantitative estimate of drug-likeness (QED) is 0.866. The lowest BCUT2D eigenvalue weighted by atomic mass is 10.0. The monoisotopic (exact) mass is 260 g/mol. The van der Waals surface area contributed by atoms with Gasteiger partial charge in [0.25, 0.3) is 0 Å². The van der Waals surface area contributed by atoms with Crippen LogP contribution in [0.4, 0.5) is 5.69 Å². The van der Waals surface area contributed by atoms with Crippen LogP contribution >= 0.6 is 0 Å². The zero-order valence-electron chi connectivity index (χ0n) is 12.7. The molecule has 1 aliphatic rings. The number of benzene rings is 1. The van der Waals surface area contributed by atoms with E-state index in [4.69, 9.17) is 0 Å². The molecule has 1 heterocycles. The smallest absolute Gasteiger partial charge is 0.0412 e. The summed E-state index contributed by atoms with van der Waals surface area (Å²) in [5, 5.41) is 3.68. The van der Waals surface area contributed by atoms with Gasteiger partial charge >= 0.3 is 0 Å². The molecule has 2 nitrogen and oxygen atoms in total. The van der Waals surface area contributed by atoms with Crippen LogP contribution in [0.15, 0.2) is 24.3 Å². The minimum absolute atomic E-state index is 0.612. The van der Waals surface area contributed by atoms with Gasteiger partial charge in [0.15, 0.2) is 0 Å². The van der Waals surface area contributed by atoms with E-state index in [0.29, 0.717) is 6.04 Å². The van der Waals surface area contributed by atoms with E-state index in [1.807, 2.05) is 0 Å². The molecule has 19 heavy (non-hydrogen) atoms. The van der Waals surface area contributed by atoms with Crippen molar-refractivity contribution in [2.75, 3.05) is 18.0 Å². The fourth-order valence-corrected chi connectivity index (χ4v) is 3.06. The molecule has 0 saturated heterocycles. The summed E-state index contributed by atoms with van der Waals surface area (Å²) in [6.07, 6.45) is 3.81. The molecule has 1 aromatic carbocycles. The predicted octanol–water partition coefficient (Wildman–Crippen LogP) is 3.81. The Kier molecular flexibility index (Phi) is 5.26. The van der Waals surface area contributed by atoms with Gasteiger partial charge in [-0.3, -0.25) is 0 Å². The third kappa shape index (κ3) is 3.73. The van der Waals surface area contributed by atoms with Gasteiger partial charge in [-0.2, -0.15) is 0 Å². The molecule has 2 unspecified atom stereocenters. The molecular formula is C17H28N2. The highest BCUT2D eigenvalue weighted by molar-refractivity contribution is 5.54. The zero-order chi connectivity index (χ0) is 13.7. The van der Waals surface area contributed by atoms with E-state index in [1.165, 1.54) is 37.1 Å². The summed E-state index contributed by atoms with van der Waals surface area (Å²) in [4.78, 5) is 2.60. The van der Waals surface area contributed by atoms with Crippen molar-refractivity contribution in [3.05, 3.63) is 29.8 Å². The molecule has 0 aromatic heterocycles. The molecule has 1 aromatic rings. The molecule has 106 valence electrons. The minimum atomic E-state index is 0.612. The zero-order valence-corrected chi connectivity index (χ0v) is 12.7. The van der Waals surface area contributed by atoms with Gasteiger partial charge in [0.05, 0.1) is 0 Å². The maximum atomic E-state index is 3.68. The average molecular weight is 260 g/mol. The maximum Gasteiger partial charge on any atom is 0.0412 e. The summed E-state index contributed by atoms with van der Waals surface area (Å²) in [5.41, 5.74) is 2.89. The molecule has 0 spiro atoms.